The Morgan fingerprint density at radius 2 is 1.02 bits per heavy atom. The third-order valence-electron chi connectivity index (χ3n) is 19.2. The van der Waals surface area contributed by atoms with Crippen molar-refractivity contribution in [1.29, 1.82) is 0 Å². The minimum atomic E-state index is -2.80. The number of alkyl halides is 4. The van der Waals surface area contributed by atoms with Crippen LogP contribution in [0.1, 0.15) is 190 Å². The number of benzene rings is 3. The Hall–Kier alpha value is -8.50. The molecule has 4 fully saturated rings. The molecule has 22 heteroatoms. The maximum Gasteiger partial charge on any atom is 0.273 e. The Kier molecular flexibility index (Phi) is 15.5. The number of hydrogen-bond acceptors (Lipinski definition) is 15. The number of aromatic nitrogens is 8. The molecule has 6 heterocycles. The van der Waals surface area contributed by atoms with Crippen LogP contribution in [0.25, 0.3) is 21.8 Å². The Balaban J connectivity index is 0.000000124. The number of carbonyl (C=O) groups excluding carboxylic acids is 2. The number of nitrogens with zero attached hydrogens (tertiary/aromatic N) is 8. The summed E-state index contributed by atoms with van der Waals surface area (Å²) >= 11 is 0. The quantitative estimate of drug-likeness (QED) is 0.0701. The number of anilines is 3. The second-order valence-electron chi connectivity index (χ2n) is 26.0. The van der Waals surface area contributed by atoms with Gasteiger partial charge >= 0.3 is 0 Å². The van der Waals surface area contributed by atoms with E-state index in [1.54, 1.807) is 22.8 Å². The van der Waals surface area contributed by atoms with Gasteiger partial charge in [0.25, 0.3) is 23.0 Å². The van der Waals surface area contributed by atoms with Crippen molar-refractivity contribution in [2.24, 2.45) is 0 Å². The molecule has 7 aliphatic rings. The minimum Gasteiger partial charge on any atom is -0.363 e. The number of hydrogen-bond donors (Lipinski definition) is 4. The summed E-state index contributed by atoms with van der Waals surface area (Å²) in [6.07, 6.45) is 15.0. The zero-order chi connectivity index (χ0) is 63.1. The van der Waals surface area contributed by atoms with Gasteiger partial charge in [0.2, 0.25) is 5.91 Å². The molecule has 468 valence electrons. The average Bonchev–Trinajstić information content (AvgIpc) is 1.55. The summed E-state index contributed by atoms with van der Waals surface area (Å²) in [6, 6.07) is 18.7. The van der Waals surface area contributed by atoms with Crippen LogP contribution in [-0.4, -0.2) is 69.5 Å². The number of Topliss-reactive ketones (excluding diaryl/α,β-unsaturated/α-hetero) is 1. The minimum absolute atomic E-state index is 0.0177. The first kappa shape index (κ1) is 60.4. The van der Waals surface area contributed by atoms with Crippen LogP contribution in [0.15, 0.2) is 108 Å². The molecule has 0 bridgehead atoms. The molecule has 1 aliphatic heterocycles. The van der Waals surface area contributed by atoms with Crippen LogP contribution in [0.5, 0.6) is 0 Å². The van der Waals surface area contributed by atoms with E-state index in [-0.39, 0.29) is 87.9 Å². The largest absolute Gasteiger partial charge is 0.363 e. The van der Waals surface area contributed by atoms with Gasteiger partial charge in [0, 0.05) is 77.1 Å². The molecule has 0 unspecified atom stereocenters. The highest BCUT2D eigenvalue weighted by molar-refractivity contribution is 6.01. The van der Waals surface area contributed by atoms with Crippen molar-refractivity contribution in [1.82, 2.24) is 44.4 Å². The zero-order valence-electron chi connectivity index (χ0n) is 51.2. The number of rotatable bonds is 15. The summed E-state index contributed by atoms with van der Waals surface area (Å²) in [7, 11) is 0. The van der Waals surface area contributed by atoms with Gasteiger partial charge in [0.1, 0.15) is 36.4 Å². The van der Waals surface area contributed by atoms with E-state index in [1.165, 1.54) is 37.2 Å². The Bertz CT molecular complexity index is 4290. The first-order valence-electron chi connectivity index (χ1n) is 31.1. The number of fused-ring (bicyclic) bond motifs is 5. The molecule has 5 aromatic heterocycles. The van der Waals surface area contributed by atoms with E-state index < -0.39 is 18.1 Å². The molecule has 1 saturated heterocycles. The average molecular weight is 1230 g/mol. The van der Waals surface area contributed by atoms with E-state index in [0.717, 1.165) is 89.1 Å². The van der Waals surface area contributed by atoms with Crippen molar-refractivity contribution in [3.05, 3.63) is 180 Å². The summed E-state index contributed by atoms with van der Waals surface area (Å²) in [4.78, 5) is 75.8. The van der Waals surface area contributed by atoms with Gasteiger partial charge in [-0.1, -0.05) is 54.6 Å². The first-order chi connectivity index (χ1) is 43.0. The maximum absolute atomic E-state index is 14.3. The van der Waals surface area contributed by atoms with Gasteiger partial charge in [0.05, 0.1) is 70.8 Å². The van der Waals surface area contributed by atoms with E-state index in [1.807, 2.05) is 62.0 Å². The standard InChI is InChI=1S/C24H28F2N4O3.C22H22F2N4O.C22H22N4O2/c1-14(15-4-3-5-17-16(15)6-7-24(17,25)26)29-21-20(22-32-10-11-33-22)18(27-13-28-21)12-19(31)30-23(2)8-9-23;1-13(14-4-3-5-17-15(14)6-7-22(17,23)24)27-20-16-11-28(21(2)8-9-21)19(29)10-18(16)25-12-26-20;1-13(14-4-3-5-16-15(14)6-7-19(16)27)25-21-17-11-26(22(2)8-9-22)20(28)10-18(17)23-12-24-21/h3-5,13-14,22H,6-12H2,1-2H3,(H,30,31)(H,27,28,29);3-5,10-13H,6-9H2,1-2H3,(H,25,26,27);3-5,10-13H,6-9H2,1-2H3,(H,23,24,25)/t14-;2*13-/m111/s1. The van der Waals surface area contributed by atoms with Crippen LogP contribution in [0.3, 0.4) is 0 Å². The third kappa shape index (κ3) is 11.8. The second kappa shape index (κ2) is 23.1. The van der Waals surface area contributed by atoms with E-state index in [4.69, 9.17) is 9.47 Å². The summed E-state index contributed by atoms with van der Waals surface area (Å²) < 4.78 is 71.8. The fraction of sp³-hybridized carbons (Fsp3) is 0.441. The highest BCUT2D eigenvalue weighted by atomic mass is 19.3. The fourth-order valence-corrected chi connectivity index (χ4v) is 13.2. The first-order valence-corrected chi connectivity index (χ1v) is 31.1. The lowest BCUT2D eigenvalue weighted by atomic mass is 9.97. The van der Waals surface area contributed by atoms with Gasteiger partial charge in [-0.05, 0) is 133 Å². The lowest BCUT2D eigenvalue weighted by Gasteiger charge is -2.23. The van der Waals surface area contributed by atoms with Crippen LogP contribution >= 0.6 is 0 Å². The number of ether oxygens (including phenoxy) is 2. The molecule has 15 rings (SSSR count). The SMILES string of the molecule is C[C@@H](Nc1ncnc(CC(=O)NC2(C)CC2)c1C1OCCO1)c1cccc2c1CCC2(F)F.C[C@@H](Nc1ncnc2cc(=O)n(C3(C)CC3)cc12)c1cccc2c1CCC2(F)F.C[C@@H](Nc1ncnc2cc(=O)n(C3(C)CC3)cc12)c1cccc2c1CCC2=O. The van der Waals surface area contributed by atoms with Crippen LogP contribution in [0.2, 0.25) is 0 Å². The van der Waals surface area contributed by atoms with Gasteiger partial charge in [-0.2, -0.15) is 0 Å². The molecule has 0 radical (unpaired) electrons. The number of halogens is 4. The number of ketones is 1. The second-order valence-corrected chi connectivity index (χ2v) is 26.0. The summed E-state index contributed by atoms with van der Waals surface area (Å²) in [6.45, 7) is 13.0. The monoisotopic (exact) mass is 1230 g/mol. The van der Waals surface area contributed by atoms with Gasteiger partial charge in [0.15, 0.2) is 12.1 Å². The van der Waals surface area contributed by atoms with Crippen LogP contribution in [0, 0.1) is 0 Å². The molecule has 8 aromatic rings. The van der Waals surface area contributed by atoms with Crippen molar-refractivity contribution in [2.75, 3.05) is 29.2 Å². The van der Waals surface area contributed by atoms with E-state index >= 15 is 0 Å². The number of nitrogens with one attached hydrogen (secondary N) is 4. The molecular formula is C68H72F4N12O6. The van der Waals surface area contributed by atoms with Crippen molar-refractivity contribution in [2.45, 2.75) is 178 Å². The predicted molar refractivity (Wildman–Crippen MR) is 332 cm³/mol. The van der Waals surface area contributed by atoms with E-state index in [2.05, 4.69) is 78.0 Å². The lowest BCUT2D eigenvalue weighted by Crippen LogP contribution is -2.35. The van der Waals surface area contributed by atoms with Gasteiger partial charge < -0.3 is 39.9 Å². The topological polar surface area (TPSA) is 222 Å². The number of pyridine rings is 2. The molecule has 6 aliphatic carbocycles. The summed E-state index contributed by atoms with van der Waals surface area (Å²) in [5.74, 6) is -3.67. The Morgan fingerprint density at radius 3 is 1.51 bits per heavy atom. The molecule has 3 saturated carbocycles. The Labute approximate surface area is 517 Å². The molecule has 90 heavy (non-hydrogen) atoms. The van der Waals surface area contributed by atoms with Crippen LogP contribution in [-0.2, 0) is 62.9 Å². The summed E-state index contributed by atoms with van der Waals surface area (Å²) in [5.41, 5.74) is 8.26. The van der Waals surface area contributed by atoms with Crippen molar-refractivity contribution >= 4 is 50.9 Å². The third-order valence-corrected chi connectivity index (χ3v) is 19.2. The Morgan fingerprint density at radius 1 is 0.567 bits per heavy atom. The van der Waals surface area contributed by atoms with Crippen molar-refractivity contribution in [3.8, 4) is 0 Å². The molecule has 1 amide bonds. The smallest absolute Gasteiger partial charge is 0.273 e. The van der Waals surface area contributed by atoms with E-state index in [9.17, 15) is 36.7 Å². The van der Waals surface area contributed by atoms with E-state index in [0.29, 0.717) is 77.8 Å². The highest BCUT2D eigenvalue weighted by Crippen LogP contribution is 2.48. The van der Waals surface area contributed by atoms with Crippen molar-refractivity contribution in [3.63, 3.8) is 0 Å². The summed E-state index contributed by atoms with van der Waals surface area (Å²) in [5, 5.41) is 14.8. The normalized spacial score (nSPS) is 19.9. The van der Waals surface area contributed by atoms with Crippen molar-refractivity contribution < 1.29 is 36.6 Å². The predicted octanol–water partition coefficient (Wildman–Crippen LogP) is 12.1. The number of carbonyl (C=O) groups is 2. The highest BCUT2D eigenvalue weighted by Gasteiger charge is 2.44. The van der Waals surface area contributed by atoms with Gasteiger partial charge in [-0.25, -0.2) is 47.5 Å². The lowest BCUT2D eigenvalue weighted by molar-refractivity contribution is -0.121. The number of amides is 1. The molecule has 4 N–H and O–H groups in total. The fourth-order valence-electron chi connectivity index (χ4n) is 13.2. The van der Waals surface area contributed by atoms with Crippen LogP contribution in [0.4, 0.5) is 35.0 Å². The maximum atomic E-state index is 14.3. The molecule has 3 aromatic carbocycles. The molecule has 0 spiro atoms. The van der Waals surface area contributed by atoms with Crippen LogP contribution < -0.4 is 32.4 Å². The van der Waals surface area contributed by atoms with Gasteiger partial charge in [-0.3, -0.25) is 19.2 Å². The van der Waals surface area contributed by atoms with Gasteiger partial charge in [-0.15, -0.1) is 0 Å². The molecule has 3 atom stereocenters. The molecule has 18 nitrogen and oxygen atoms in total. The molecular weight excluding hydrogens is 1160 g/mol. The zero-order valence-corrected chi connectivity index (χ0v) is 51.2.